The average Bonchev–Trinajstić information content (AvgIpc) is 2.59. The third kappa shape index (κ3) is 1.62. The summed E-state index contributed by atoms with van der Waals surface area (Å²) < 4.78 is 5.51. The maximum atomic E-state index is 5.84. The zero-order valence-electron chi connectivity index (χ0n) is 7.53. The summed E-state index contributed by atoms with van der Waals surface area (Å²) in [6.45, 7) is 0.369. The summed E-state index contributed by atoms with van der Waals surface area (Å²) in [5, 5.41) is 1.64. The molecule has 4 N–H and O–H groups in total. The van der Waals surface area contributed by atoms with Crippen molar-refractivity contribution in [1.29, 1.82) is 0 Å². The molecule has 2 aromatic rings. The Bertz CT molecular complexity index is 452. The molecule has 0 amide bonds. The van der Waals surface area contributed by atoms with Crippen molar-refractivity contribution >= 4 is 22.6 Å². The molecule has 0 aliphatic heterocycles. The molecule has 0 fully saturated rings. The van der Waals surface area contributed by atoms with E-state index in [2.05, 4.69) is 0 Å². The van der Waals surface area contributed by atoms with Crippen LogP contribution in [0.25, 0.3) is 11.0 Å². The van der Waals surface area contributed by atoms with Crippen molar-refractivity contribution in [3.05, 3.63) is 35.0 Å². The second kappa shape index (κ2) is 3.61. The Morgan fingerprint density at radius 2 is 2.14 bits per heavy atom. The van der Waals surface area contributed by atoms with Gasteiger partial charge in [-0.2, -0.15) is 0 Å². The van der Waals surface area contributed by atoms with Crippen LogP contribution in [0.3, 0.4) is 0 Å². The van der Waals surface area contributed by atoms with Gasteiger partial charge in [0.15, 0.2) is 0 Å². The van der Waals surface area contributed by atoms with E-state index >= 15 is 0 Å². The van der Waals surface area contributed by atoms with Crippen LogP contribution in [-0.2, 0) is 0 Å². The van der Waals surface area contributed by atoms with Crippen molar-refractivity contribution in [3.63, 3.8) is 0 Å². The minimum Gasteiger partial charge on any atom is -0.459 e. The monoisotopic (exact) mass is 210 g/mol. The summed E-state index contributed by atoms with van der Waals surface area (Å²) in [5.74, 6) is 0.699. The highest BCUT2D eigenvalue weighted by Gasteiger charge is 2.10. The highest BCUT2D eigenvalue weighted by molar-refractivity contribution is 6.31. The summed E-state index contributed by atoms with van der Waals surface area (Å²) in [7, 11) is 0. The Balaban J connectivity index is 2.51. The van der Waals surface area contributed by atoms with Crippen LogP contribution in [0.5, 0.6) is 0 Å². The van der Waals surface area contributed by atoms with Gasteiger partial charge in [-0.1, -0.05) is 11.6 Å². The smallest absolute Gasteiger partial charge is 0.134 e. The highest BCUT2D eigenvalue weighted by atomic mass is 35.5. The molecule has 0 unspecified atom stereocenters. The van der Waals surface area contributed by atoms with E-state index in [9.17, 15) is 0 Å². The molecule has 0 saturated heterocycles. The van der Waals surface area contributed by atoms with Crippen LogP contribution >= 0.6 is 11.6 Å². The van der Waals surface area contributed by atoms with Crippen molar-refractivity contribution in [2.24, 2.45) is 11.5 Å². The number of furan rings is 1. The van der Waals surface area contributed by atoms with Crippen LogP contribution in [0.4, 0.5) is 0 Å². The maximum Gasteiger partial charge on any atom is 0.134 e. The second-order valence-electron chi connectivity index (χ2n) is 3.17. The molecule has 0 aliphatic rings. The van der Waals surface area contributed by atoms with E-state index in [-0.39, 0.29) is 6.04 Å². The minimum atomic E-state index is -0.249. The van der Waals surface area contributed by atoms with Gasteiger partial charge in [0.25, 0.3) is 0 Å². The van der Waals surface area contributed by atoms with Crippen LogP contribution in [0.2, 0.25) is 5.02 Å². The van der Waals surface area contributed by atoms with Gasteiger partial charge in [-0.15, -0.1) is 0 Å². The Hall–Kier alpha value is -1.03. The van der Waals surface area contributed by atoms with E-state index in [4.69, 9.17) is 27.5 Å². The molecule has 3 nitrogen and oxygen atoms in total. The lowest BCUT2D eigenvalue weighted by Crippen LogP contribution is -2.19. The zero-order valence-corrected chi connectivity index (χ0v) is 8.29. The number of hydrogen-bond donors (Lipinski definition) is 2. The van der Waals surface area contributed by atoms with Crippen molar-refractivity contribution in [2.45, 2.75) is 6.04 Å². The predicted molar refractivity (Wildman–Crippen MR) is 57.2 cm³/mol. The van der Waals surface area contributed by atoms with E-state index < -0.39 is 0 Å². The standard InChI is InChI=1S/C10H11ClN2O/c11-7-1-2-9-6(3-7)4-10(14-9)8(13)5-12/h1-4,8H,5,12-13H2/t8-/m0/s1. The Labute approximate surface area is 86.6 Å². The number of rotatable bonds is 2. The van der Waals surface area contributed by atoms with E-state index in [1.807, 2.05) is 18.2 Å². The first-order valence-electron chi connectivity index (χ1n) is 4.35. The maximum absolute atomic E-state index is 5.84. The topological polar surface area (TPSA) is 65.2 Å². The average molecular weight is 211 g/mol. The molecule has 2 rings (SSSR count). The molecule has 1 aromatic heterocycles. The van der Waals surface area contributed by atoms with Crippen molar-refractivity contribution in [2.75, 3.05) is 6.54 Å². The van der Waals surface area contributed by atoms with E-state index in [1.165, 1.54) is 0 Å². The summed E-state index contributed by atoms with van der Waals surface area (Å²) in [5.41, 5.74) is 12.0. The van der Waals surface area contributed by atoms with Gasteiger partial charge < -0.3 is 15.9 Å². The molecule has 0 radical (unpaired) electrons. The molecule has 14 heavy (non-hydrogen) atoms. The lowest BCUT2D eigenvalue weighted by Gasteiger charge is -2.02. The van der Waals surface area contributed by atoms with Crippen molar-refractivity contribution < 1.29 is 4.42 Å². The number of fused-ring (bicyclic) bond motifs is 1. The van der Waals surface area contributed by atoms with Crippen molar-refractivity contribution in [3.8, 4) is 0 Å². The Morgan fingerprint density at radius 1 is 1.36 bits per heavy atom. The van der Waals surface area contributed by atoms with Crippen molar-refractivity contribution in [1.82, 2.24) is 0 Å². The normalized spacial score (nSPS) is 13.4. The summed E-state index contributed by atoms with van der Waals surface area (Å²) >= 11 is 5.84. The molecule has 74 valence electrons. The van der Waals surface area contributed by atoms with Crippen LogP contribution in [-0.4, -0.2) is 6.54 Å². The molecule has 0 saturated carbocycles. The van der Waals surface area contributed by atoms with Gasteiger partial charge in [-0.3, -0.25) is 0 Å². The SMILES string of the molecule is NC[C@H](N)c1cc2cc(Cl)ccc2o1. The molecular weight excluding hydrogens is 200 g/mol. The van der Waals surface area contributed by atoms with Crippen LogP contribution in [0.1, 0.15) is 11.8 Å². The van der Waals surface area contributed by atoms with Gasteiger partial charge in [0.2, 0.25) is 0 Å². The molecule has 1 heterocycles. The molecule has 1 aromatic carbocycles. The van der Waals surface area contributed by atoms with E-state index in [0.29, 0.717) is 17.3 Å². The van der Waals surface area contributed by atoms with Gasteiger partial charge in [0.1, 0.15) is 11.3 Å². The molecule has 0 aliphatic carbocycles. The van der Waals surface area contributed by atoms with Crippen LogP contribution in [0, 0.1) is 0 Å². The first kappa shape index (κ1) is 9.52. The quantitative estimate of drug-likeness (QED) is 0.797. The summed E-state index contributed by atoms with van der Waals surface area (Å²) in [4.78, 5) is 0. The third-order valence-electron chi connectivity index (χ3n) is 2.12. The summed E-state index contributed by atoms with van der Waals surface area (Å²) in [6, 6.07) is 7.07. The molecule has 0 bridgehead atoms. The minimum absolute atomic E-state index is 0.249. The molecule has 1 atom stereocenters. The van der Waals surface area contributed by atoms with E-state index in [1.54, 1.807) is 6.07 Å². The number of nitrogens with two attached hydrogens (primary N) is 2. The lowest BCUT2D eigenvalue weighted by atomic mass is 10.2. The number of benzene rings is 1. The Kier molecular flexibility index (Phi) is 2.46. The molecule has 4 heteroatoms. The van der Waals surface area contributed by atoms with Crippen LogP contribution in [0.15, 0.2) is 28.7 Å². The second-order valence-corrected chi connectivity index (χ2v) is 3.61. The lowest BCUT2D eigenvalue weighted by molar-refractivity contribution is 0.500. The zero-order chi connectivity index (χ0) is 10.1. The van der Waals surface area contributed by atoms with E-state index in [0.717, 1.165) is 11.0 Å². The van der Waals surface area contributed by atoms with Gasteiger partial charge >= 0.3 is 0 Å². The van der Waals surface area contributed by atoms with Gasteiger partial charge in [0.05, 0.1) is 6.04 Å². The van der Waals surface area contributed by atoms with Crippen LogP contribution < -0.4 is 11.5 Å². The number of halogens is 1. The summed E-state index contributed by atoms with van der Waals surface area (Å²) in [6.07, 6.45) is 0. The third-order valence-corrected chi connectivity index (χ3v) is 2.35. The molecule has 0 spiro atoms. The predicted octanol–water partition coefficient (Wildman–Crippen LogP) is 2.04. The first-order valence-corrected chi connectivity index (χ1v) is 4.73. The fourth-order valence-electron chi connectivity index (χ4n) is 1.33. The van der Waals surface area contributed by atoms with Gasteiger partial charge in [0, 0.05) is 17.0 Å². The fraction of sp³-hybridized carbons (Fsp3) is 0.200. The highest BCUT2D eigenvalue weighted by Crippen LogP contribution is 2.25. The molecular formula is C10H11ClN2O. The number of hydrogen-bond acceptors (Lipinski definition) is 3. The largest absolute Gasteiger partial charge is 0.459 e. The van der Waals surface area contributed by atoms with Gasteiger partial charge in [-0.25, -0.2) is 0 Å². The van der Waals surface area contributed by atoms with Gasteiger partial charge in [-0.05, 0) is 24.3 Å². The first-order chi connectivity index (χ1) is 6.70. The fourth-order valence-corrected chi connectivity index (χ4v) is 1.51. The Morgan fingerprint density at radius 3 is 2.86 bits per heavy atom.